The Hall–Kier alpha value is -0.663. The Balaban J connectivity index is -0.00000644. The molecule has 0 fully saturated rings. The summed E-state index contributed by atoms with van der Waals surface area (Å²) in [6.07, 6.45) is 39.3. The number of carbonyl (C=O) groups is 2. The fraction of sp³-hybridized carbons (Fsp3) is 0.912. The SMILES string of the molecule is [CH2-]CC(C[CH2-])(CCOC(=O)CCC(OCCCCCCCCC)OCCCCCCCCC)CCOC(=O)CCC(OCCCCCCCCC)OCCCCCCCCC.[CH2-]CCCO.[Li+]. The number of rotatable bonds is 52. The third kappa shape index (κ3) is 51.5. The second-order valence-electron chi connectivity index (χ2n) is 18.8. The molecule has 1 N–H and O–H groups in total. The van der Waals surface area contributed by atoms with Gasteiger partial charge in [0, 0.05) is 45.9 Å². The summed E-state index contributed by atoms with van der Waals surface area (Å²) in [5, 5.41) is 8.03. The first kappa shape index (κ1) is 70.6. The molecule has 0 saturated carbocycles. The van der Waals surface area contributed by atoms with Gasteiger partial charge in [-0.05, 0) is 38.5 Å². The average molecular weight is 947 g/mol. The zero-order valence-corrected chi connectivity index (χ0v) is 45.3. The van der Waals surface area contributed by atoms with Crippen LogP contribution in [0.25, 0.3) is 0 Å². The number of aliphatic hydroxyl groups excluding tert-OH is 1. The summed E-state index contributed by atoms with van der Waals surface area (Å²) in [5.41, 5.74) is -0.274. The van der Waals surface area contributed by atoms with E-state index in [-0.39, 0.29) is 81.5 Å². The molecule has 0 rings (SSSR count). The van der Waals surface area contributed by atoms with Crippen LogP contribution < -0.4 is 18.9 Å². The van der Waals surface area contributed by atoms with Gasteiger partial charge in [-0.1, -0.05) is 194 Å². The number of carbonyl (C=O) groups excluding carboxylic acids is 2. The van der Waals surface area contributed by atoms with E-state index in [0.29, 0.717) is 65.0 Å². The van der Waals surface area contributed by atoms with Crippen molar-refractivity contribution in [1.82, 2.24) is 0 Å². The molecule has 67 heavy (non-hydrogen) atoms. The Labute approximate surface area is 428 Å². The van der Waals surface area contributed by atoms with Gasteiger partial charge in [0.05, 0.1) is 26.1 Å². The number of hydrogen-bond donors (Lipinski definition) is 1. The monoisotopic (exact) mass is 947 g/mol. The normalized spacial score (nSPS) is 11.5. The first-order valence-corrected chi connectivity index (χ1v) is 28.1. The predicted molar refractivity (Wildman–Crippen MR) is 277 cm³/mol. The van der Waals surface area contributed by atoms with Crippen LogP contribution in [-0.2, 0) is 38.0 Å². The maximum absolute atomic E-state index is 12.9. The quantitative estimate of drug-likeness (QED) is 0.0210. The summed E-state index contributed by atoms with van der Waals surface area (Å²) in [5.74, 6) is -0.481. The van der Waals surface area contributed by atoms with Crippen LogP contribution in [0, 0.1) is 26.2 Å². The van der Waals surface area contributed by atoms with E-state index >= 15 is 0 Å². The van der Waals surface area contributed by atoms with Crippen LogP contribution in [0.2, 0.25) is 0 Å². The van der Waals surface area contributed by atoms with Crippen LogP contribution in [0.15, 0.2) is 0 Å². The maximum Gasteiger partial charge on any atom is 1.00 e. The van der Waals surface area contributed by atoms with E-state index in [9.17, 15) is 9.59 Å². The minimum atomic E-state index is -0.384. The number of aliphatic hydroxyl groups is 1. The predicted octanol–water partition coefficient (Wildman–Crippen LogP) is 13.2. The van der Waals surface area contributed by atoms with E-state index in [2.05, 4.69) is 48.5 Å². The molecular formula is C57H111LiO9-2. The van der Waals surface area contributed by atoms with Crippen molar-refractivity contribution in [3.05, 3.63) is 20.8 Å². The molecule has 0 amide bonds. The Morgan fingerprint density at radius 1 is 0.418 bits per heavy atom. The maximum atomic E-state index is 12.9. The van der Waals surface area contributed by atoms with E-state index < -0.39 is 0 Å². The zero-order chi connectivity index (χ0) is 48.9. The van der Waals surface area contributed by atoms with Gasteiger partial charge >= 0.3 is 30.8 Å². The van der Waals surface area contributed by atoms with E-state index in [4.69, 9.17) is 33.5 Å². The fourth-order valence-corrected chi connectivity index (χ4v) is 7.77. The minimum Gasteiger partial charge on any atom is -0.466 e. The third-order valence-electron chi connectivity index (χ3n) is 12.6. The summed E-state index contributed by atoms with van der Waals surface area (Å²) in [7, 11) is 0. The molecular weight excluding hydrogens is 836 g/mol. The Morgan fingerprint density at radius 2 is 0.687 bits per heavy atom. The molecule has 0 saturated heterocycles. The van der Waals surface area contributed by atoms with Gasteiger partial charge in [0.25, 0.3) is 0 Å². The minimum absolute atomic E-state index is 0. The van der Waals surface area contributed by atoms with E-state index in [1.54, 1.807) is 0 Å². The van der Waals surface area contributed by atoms with Crippen LogP contribution >= 0.6 is 0 Å². The van der Waals surface area contributed by atoms with Crippen molar-refractivity contribution >= 4 is 11.9 Å². The molecule has 396 valence electrons. The van der Waals surface area contributed by atoms with Gasteiger partial charge in [-0.3, -0.25) is 9.59 Å². The van der Waals surface area contributed by atoms with Crippen molar-refractivity contribution in [2.75, 3.05) is 46.2 Å². The zero-order valence-electron chi connectivity index (χ0n) is 45.3. The molecule has 0 spiro atoms. The Bertz CT molecular complexity index is 856. The van der Waals surface area contributed by atoms with Gasteiger partial charge in [-0.15, -0.1) is 0 Å². The van der Waals surface area contributed by atoms with Crippen LogP contribution in [0.5, 0.6) is 0 Å². The number of esters is 2. The van der Waals surface area contributed by atoms with E-state index in [1.165, 1.54) is 154 Å². The molecule has 0 aromatic rings. The molecule has 0 heterocycles. The van der Waals surface area contributed by atoms with Crippen molar-refractivity contribution in [2.24, 2.45) is 5.41 Å². The van der Waals surface area contributed by atoms with Crippen LogP contribution in [0.1, 0.15) is 272 Å². The first-order chi connectivity index (χ1) is 32.3. The molecule has 9 nitrogen and oxygen atoms in total. The average Bonchev–Trinajstić information content (AvgIpc) is 3.32. The van der Waals surface area contributed by atoms with Crippen LogP contribution in [0.3, 0.4) is 0 Å². The molecule has 0 aliphatic rings. The van der Waals surface area contributed by atoms with E-state index in [1.807, 2.05) is 0 Å². The molecule has 10 heteroatoms. The first-order valence-electron chi connectivity index (χ1n) is 28.1. The molecule has 0 unspecified atom stereocenters. The molecule has 0 atom stereocenters. The third-order valence-corrected chi connectivity index (χ3v) is 12.6. The summed E-state index contributed by atoms with van der Waals surface area (Å²) in [4.78, 5) is 25.8. The summed E-state index contributed by atoms with van der Waals surface area (Å²) >= 11 is 0. The summed E-state index contributed by atoms with van der Waals surface area (Å²) in [6, 6.07) is 0. The molecule has 0 aliphatic carbocycles. The number of hydrogen-bond acceptors (Lipinski definition) is 9. The number of ether oxygens (including phenoxy) is 6. The number of unbranched alkanes of at least 4 members (excludes halogenated alkanes) is 25. The summed E-state index contributed by atoms with van der Waals surface area (Å²) in [6.45, 7) is 24.4. The van der Waals surface area contributed by atoms with Gasteiger partial charge < -0.3 is 54.3 Å². The van der Waals surface area contributed by atoms with Crippen molar-refractivity contribution in [3.63, 3.8) is 0 Å². The second kappa shape index (κ2) is 57.9. The van der Waals surface area contributed by atoms with Gasteiger partial charge in [0.1, 0.15) is 0 Å². The standard InChI is InChI=1S/C53H102O8.C4H9O.Li/c1-7-13-17-21-25-29-33-43-58-51(59-44-34-30-26-22-18-14-8-2)39-37-49(54)56-47-41-53(11-5,12-6)42-48-57-50(55)38-40-52(60-45-35-31-27-23-19-15-9-3)61-46-36-32-28-24-20-16-10-4;1-2-3-4-5;/h51-52H,5-48H2,1-4H3;5H,1-4H2;/q-2;-1;+1. The van der Waals surface area contributed by atoms with Gasteiger partial charge in [0.15, 0.2) is 12.6 Å². The molecule has 0 aliphatic heterocycles. The van der Waals surface area contributed by atoms with E-state index in [0.717, 1.165) is 38.5 Å². The fourth-order valence-electron chi connectivity index (χ4n) is 7.77. The smallest absolute Gasteiger partial charge is 0.466 e. The molecule has 0 radical (unpaired) electrons. The Morgan fingerprint density at radius 3 is 0.910 bits per heavy atom. The Kier molecular flexibility index (Phi) is 61.0. The van der Waals surface area contributed by atoms with Gasteiger partial charge in [0.2, 0.25) is 0 Å². The molecule has 0 aromatic heterocycles. The second-order valence-corrected chi connectivity index (χ2v) is 18.8. The van der Waals surface area contributed by atoms with Crippen molar-refractivity contribution in [3.8, 4) is 0 Å². The van der Waals surface area contributed by atoms with Crippen LogP contribution in [0.4, 0.5) is 0 Å². The topological polar surface area (TPSA) is 110 Å². The molecule has 0 aromatic carbocycles. The molecule has 0 bridgehead atoms. The van der Waals surface area contributed by atoms with Gasteiger partial charge in [-0.2, -0.15) is 19.3 Å². The van der Waals surface area contributed by atoms with Crippen molar-refractivity contribution in [2.45, 2.75) is 284 Å². The van der Waals surface area contributed by atoms with Crippen molar-refractivity contribution in [1.29, 1.82) is 0 Å². The van der Waals surface area contributed by atoms with Gasteiger partial charge in [-0.25, -0.2) is 0 Å². The summed E-state index contributed by atoms with van der Waals surface area (Å²) < 4.78 is 36.0. The van der Waals surface area contributed by atoms with Crippen LogP contribution in [-0.4, -0.2) is 75.9 Å². The van der Waals surface area contributed by atoms with Crippen molar-refractivity contribution < 1.29 is 62.0 Å². The largest absolute Gasteiger partial charge is 1.00 e.